The topological polar surface area (TPSA) is 53.4 Å². The van der Waals surface area contributed by atoms with Crippen LogP contribution in [-0.2, 0) is 11.3 Å². The number of nitrogens with one attached hydrogen (secondary N) is 1. The lowest BCUT2D eigenvalue weighted by atomic mass is 10.2. The Balaban J connectivity index is 1.52. The van der Waals surface area contributed by atoms with E-state index in [1.165, 1.54) is 0 Å². The first-order valence-corrected chi connectivity index (χ1v) is 10.4. The number of nitrogens with zero attached hydrogens (tertiary/aromatic N) is 4. The molecule has 0 fully saturated rings. The molecule has 30 heavy (non-hydrogen) atoms. The van der Waals surface area contributed by atoms with Crippen molar-refractivity contribution in [2.45, 2.75) is 33.4 Å². The maximum Gasteiger partial charge on any atom is 0.238 e. The van der Waals surface area contributed by atoms with Gasteiger partial charge in [-0.25, -0.2) is 4.68 Å². The zero-order chi connectivity index (χ0) is 21.5. The van der Waals surface area contributed by atoms with E-state index < -0.39 is 0 Å². The molecule has 0 aliphatic rings. The van der Waals surface area contributed by atoms with Crippen LogP contribution in [0.1, 0.15) is 26.3 Å². The van der Waals surface area contributed by atoms with E-state index in [0.29, 0.717) is 19.1 Å². The number of likely N-dealkylation sites (N-methyl/N-ethyl adjacent to an activating group) is 1. The lowest BCUT2D eigenvalue weighted by Crippen LogP contribution is -2.30. The van der Waals surface area contributed by atoms with Crippen molar-refractivity contribution in [1.82, 2.24) is 14.7 Å². The molecule has 3 aromatic rings. The molecule has 1 N–H and O–H groups in total. The Labute approximate surface area is 179 Å². The van der Waals surface area contributed by atoms with Crippen molar-refractivity contribution in [3.63, 3.8) is 0 Å². The second-order valence-corrected chi connectivity index (χ2v) is 7.78. The monoisotopic (exact) mass is 405 g/mol. The maximum absolute atomic E-state index is 12.4. The molecule has 1 heterocycles. The molecule has 0 aliphatic carbocycles. The summed E-state index contributed by atoms with van der Waals surface area (Å²) < 4.78 is 1.85. The Hall–Kier alpha value is -3.12. The van der Waals surface area contributed by atoms with E-state index in [1.54, 1.807) is 0 Å². The van der Waals surface area contributed by atoms with Crippen LogP contribution in [0.3, 0.4) is 0 Å². The quantitative estimate of drug-likeness (QED) is 0.580. The van der Waals surface area contributed by atoms with Crippen molar-refractivity contribution in [3.8, 4) is 5.69 Å². The lowest BCUT2D eigenvalue weighted by Gasteiger charge is -2.27. The highest BCUT2D eigenvalue weighted by molar-refractivity contribution is 5.92. The van der Waals surface area contributed by atoms with Gasteiger partial charge < -0.3 is 10.2 Å². The second-order valence-electron chi connectivity index (χ2n) is 7.78. The number of aromatic nitrogens is 2. The largest absolute Gasteiger partial charge is 0.369 e. The summed E-state index contributed by atoms with van der Waals surface area (Å²) in [6.45, 7) is 8.42. The molecule has 1 amide bonds. The van der Waals surface area contributed by atoms with Gasteiger partial charge in [0.05, 0.1) is 18.4 Å². The Morgan fingerprint density at radius 2 is 1.80 bits per heavy atom. The van der Waals surface area contributed by atoms with Crippen LogP contribution < -0.4 is 10.2 Å². The van der Waals surface area contributed by atoms with Gasteiger partial charge in [-0.05, 0) is 64.2 Å². The van der Waals surface area contributed by atoms with Gasteiger partial charge in [0.25, 0.3) is 0 Å². The average molecular weight is 406 g/mol. The van der Waals surface area contributed by atoms with Crippen LogP contribution in [0.4, 0.5) is 11.4 Å². The normalized spacial score (nSPS) is 11.1. The third-order valence-corrected chi connectivity index (χ3v) is 4.97. The predicted molar refractivity (Wildman–Crippen MR) is 123 cm³/mol. The molecule has 0 saturated carbocycles. The van der Waals surface area contributed by atoms with Crippen molar-refractivity contribution < 1.29 is 4.79 Å². The van der Waals surface area contributed by atoms with Gasteiger partial charge in [-0.2, -0.15) is 5.10 Å². The van der Waals surface area contributed by atoms with Gasteiger partial charge in [-0.3, -0.25) is 9.69 Å². The number of para-hydroxylation sites is 1. The van der Waals surface area contributed by atoms with Gasteiger partial charge in [-0.1, -0.05) is 18.2 Å². The van der Waals surface area contributed by atoms with Gasteiger partial charge in [0.1, 0.15) is 0 Å². The summed E-state index contributed by atoms with van der Waals surface area (Å²) in [5, 5.41) is 7.40. The van der Waals surface area contributed by atoms with Crippen molar-refractivity contribution >= 4 is 17.3 Å². The van der Waals surface area contributed by atoms with Crippen LogP contribution in [0.25, 0.3) is 5.69 Å². The Kier molecular flexibility index (Phi) is 7.25. The third kappa shape index (κ3) is 5.70. The number of hydrogen-bond acceptors (Lipinski definition) is 4. The minimum atomic E-state index is -0.0306. The van der Waals surface area contributed by atoms with E-state index in [4.69, 9.17) is 0 Å². The fourth-order valence-corrected chi connectivity index (χ4v) is 3.56. The van der Waals surface area contributed by atoms with Crippen LogP contribution >= 0.6 is 0 Å². The first-order chi connectivity index (χ1) is 14.5. The number of amides is 1. The molecule has 0 radical (unpaired) electrons. The van der Waals surface area contributed by atoms with Crippen molar-refractivity contribution in [3.05, 3.63) is 72.6 Å². The van der Waals surface area contributed by atoms with E-state index in [1.807, 2.05) is 71.5 Å². The minimum absolute atomic E-state index is 0.0306. The summed E-state index contributed by atoms with van der Waals surface area (Å²) in [7, 11) is 1.93. The minimum Gasteiger partial charge on any atom is -0.369 e. The maximum atomic E-state index is 12.4. The van der Waals surface area contributed by atoms with Crippen LogP contribution in [-0.4, -0.2) is 46.8 Å². The highest BCUT2D eigenvalue weighted by atomic mass is 16.2. The standard InChI is InChI=1S/C24H31N5O/c1-5-28(19(2)3)22-13-11-21(12-14-22)26-24(30)18-27(4)16-20-15-25-29(17-20)23-9-7-6-8-10-23/h6-15,17,19H,5,16,18H2,1-4H3,(H,26,30). The lowest BCUT2D eigenvalue weighted by molar-refractivity contribution is -0.117. The number of rotatable bonds is 9. The second kappa shape index (κ2) is 10.1. The Morgan fingerprint density at radius 1 is 1.10 bits per heavy atom. The highest BCUT2D eigenvalue weighted by Crippen LogP contribution is 2.20. The number of carbonyl (C=O) groups excluding carboxylic acids is 1. The van der Waals surface area contributed by atoms with Gasteiger partial charge in [-0.15, -0.1) is 0 Å². The fourth-order valence-electron chi connectivity index (χ4n) is 3.56. The zero-order valence-corrected chi connectivity index (χ0v) is 18.2. The molecule has 3 rings (SSSR count). The molecule has 0 unspecified atom stereocenters. The molecule has 0 aliphatic heterocycles. The highest BCUT2D eigenvalue weighted by Gasteiger charge is 2.11. The van der Waals surface area contributed by atoms with Gasteiger partial charge in [0.15, 0.2) is 0 Å². The van der Waals surface area contributed by atoms with Gasteiger partial charge >= 0.3 is 0 Å². The summed E-state index contributed by atoms with van der Waals surface area (Å²) >= 11 is 0. The molecule has 6 heteroatoms. The Morgan fingerprint density at radius 3 is 2.43 bits per heavy atom. The first kappa shape index (κ1) is 21.6. The van der Waals surface area contributed by atoms with Crippen LogP contribution in [0.2, 0.25) is 0 Å². The first-order valence-electron chi connectivity index (χ1n) is 10.4. The Bertz CT molecular complexity index is 934. The summed E-state index contributed by atoms with van der Waals surface area (Å²) in [4.78, 5) is 16.7. The summed E-state index contributed by atoms with van der Waals surface area (Å²) in [6, 6.07) is 18.5. The van der Waals surface area contributed by atoms with Crippen molar-refractivity contribution in [1.29, 1.82) is 0 Å². The van der Waals surface area contributed by atoms with Crippen LogP contribution in [0.15, 0.2) is 67.0 Å². The van der Waals surface area contributed by atoms with E-state index in [-0.39, 0.29) is 5.91 Å². The number of anilines is 2. The number of carbonyl (C=O) groups is 1. The molecule has 0 saturated heterocycles. The van der Waals surface area contributed by atoms with Crippen molar-refractivity contribution in [2.24, 2.45) is 0 Å². The molecule has 1 aromatic heterocycles. The van der Waals surface area contributed by atoms with E-state index in [0.717, 1.165) is 29.2 Å². The third-order valence-electron chi connectivity index (χ3n) is 4.97. The SMILES string of the molecule is CCN(c1ccc(NC(=O)CN(C)Cc2cnn(-c3ccccc3)c2)cc1)C(C)C. The van der Waals surface area contributed by atoms with Gasteiger partial charge in [0.2, 0.25) is 5.91 Å². The summed E-state index contributed by atoms with van der Waals surface area (Å²) in [5.74, 6) is -0.0306. The van der Waals surface area contributed by atoms with E-state index in [9.17, 15) is 4.79 Å². The fraction of sp³-hybridized carbons (Fsp3) is 0.333. The molecule has 0 atom stereocenters. The summed E-state index contributed by atoms with van der Waals surface area (Å²) in [6.07, 6.45) is 3.84. The predicted octanol–water partition coefficient (Wildman–Crippen LogP) is 4.18. The smallest absolute Gasteiger partial charge is 0.238 e. The molecule has 158 valence electrons. The number of benzene rings is 2. The van der Waals surface area contributed by atoms with Gasteiger partial charge in [0, 0.05) is 42.3 Å². The average Bonchev–Trinajstić information content (AvgIpc) is 3.18. The molecule has 2 aromatic carbocycles. The number of hydrogen-bond donors (Lipinski definition) is 1. The van der Waals surface area contributed by atoms with E-state index >= 15 is 0 Å². The van der Waals surface area contributed by atoms with Crippen LogP contribution in [0, 0.1) is 0 Å². The molecule has 6 nitrogen and oxygen atoms in total. The molecule has 0 spiro atoms. The summed E-state index contributed by atoms with van der Waals surface area (Å²) in [5.41, 5.74) is 4.06. The molecular formula is C24H31N5O. The molecular weight excluding hydrogens is 374 g/mol. The molecule has 0 bridgehead atoms. The van der Waals surface area contributed by atoms with Crippen LogP contribution in [0.5, 0.6) is 0 Å². The van der Waals surface area contributed by atoms with Crippen molar-refractivity contribution in [2.75, 3.05) is 30.4 Å². The van der Waals surface area contributed by atoms with E-state index in [2.05, 4.69) is 48.2 Å². The zero-order valence-electron chi connectivity index (χ0n) is 18.2.